The molecular weight excluding hydrogens is 467 g/mol. The highest BCUT2D eigenvalue weighted by Gasteiger charge is 2.44. The number of carbonyl (C=O) groups is 1. The van der Waals surface area contributed by atoms with Gasteiger partial charge in [0, 0.05) is 4.47 Å². The average molecular weight is 480 g/mol. The highest BCUT2D eigenvalue weighted by Crippen LogP contribution is 2.42. The van der Waals surface area contributed by atoms with Crippen molar-refractivity contribution in [2.24, 2.45) is 0 Å². The number of ether oxygens (including phenoxy) is 1. The molecule has 2 aromatic rings. The SMILES string of the molecule is C[C@@H]1[C@H](C(=O)O)Oc2ccc(Br)cc2N1S(=O)(=O)c1cccc(C(F)(F)F)c1. The van der Waals surface area contributed by atoms with Crippen LogP contribution in [-0.2, 0) is 21.0 Å². The fraction of sp³-hybridized carbons (Fsp3) is 0.235. The van der Waals surface area contributed by atoms with Crippen molar-refractivity contribution >= 4 is 37.6 Å². The number of aliphatic carboxylic acids is 1. The van der Waals surface area contributed by atoms with Crippen LogP contribution in [0.1, 0.15) is 12.5 Å². The fourth-order valence-electron chi connectivity index (χ4n) is 2.89. The number of sulfonamides is 1. The summed E-state index contributed by atoms with van der Waals surface area (Å²) in [5.74, 6) is -1.41. The third-order valence-electron chi connectivity index (χ3n) is 4.18. The average Bonchev–Trinajstić information content (AvgIpc) is 2.60. The van der Waals surface area contributed by atoms with Gasteiger partial charge in [0.05, 0.1) is 22.2 Å². The van der Waals surface area contributed by atoms with E-state index in [-0.39, 0.29) is 11.4 Å². The van der Waals surface area contributed by atoms with Gasteiger partial charge in [-0.2, -0.15) is 13.2 Å². The third-order valence-corrected chi connectivity index (χ3v) is 6.57. The largest absolute Gasteiger partial charge is 0.478 e. The van der Waals surface area contributed by atoms with Crippen LogP contribution in [0.2, 0.25) is 0 Å². The van der Waals surface area contributed by atoms with Crippen molar-refractivity contribution in [2.75, 3.05) is 4.31 Å². The smallest absolute Gasteiger partial charge is 0.416 e. The maximum atomic E-state index is 13.2. The lowest BCUT2D eigenvalue weighted by atomic mass is 10.1. The molecule has 150 valence electrons. The molecule has 0 amide bonds. The lowest BCUT2D eigenvalue weighted by Gasteiger charge is -2.39. The zero-order valence-electron chi connectivity index (χ0n) is 14.1. The number of rotatable bonds is 3. The van der Waals surface area contributed by atoms with Crippen molar-refractivity contribution in [3.63, 3.8) is 0 Å². The quantitative estimate of drug-likeness (QED) is 0.721. The number of fused-ring (bicyclic) bond motifs is 1. The van der Waals surface area contributed by atoms with Crippen LogP contribution in [0.4, 0.5) is 18.9 Å². The van der Waals surface area contributed by atoms with Crippen LogP contribution in [0.25, 0.3) is 0 Å². The molecule has 1 N–H and O–H groups in total. The summed E-state index contributed by atoms with van der Waals surface area (Å²) in [5.41, 5.74) is -1.10. The number of carboxylic acid groups (broad SMARTS) is 1. The normalized spacial score (nSPS) is 19.7. The Hall–Kier alpha value is -2.27. The predicted molar refractivity (Wildman–Crippen MR) is 96.8 cm³/mol. The number of benzene rings is 2. The molecule has 0 fully saturated rings. The molecule has 0 aromatic heterocycles. The zero-order valence-corrected chi connectivity index (χ0v) is 16.5. The summed E-state index contributed by atoms with van der Waals surface area (Å²) >= 11 is 3.20. The summed E-state index contributed by atoms with van der Waals surface area (Å²) in [6, 6.07) is 6.39. The highest BCUT2D eigenvalue weighted by molar-refractivity contribution is 9.10. The van der Waals surface area contributed by atoms with Crippen LogP contribution in [0.15, 0.2) is 51.8 Å². The van der Waals surface area contributed by atoms with Crippen LogP contribution in [0.3, 0.4) is 0 Å². The van der Waals surface area contributed by atoms with Crippen molar-refractivity contribution in [2.45, 2.75) is 30.1 Å². The van der Waals surface area contributed by atoms with Crippen LogP contribution in [0.5, 0.6) is 5.75 Å². The van der Waals surface area contributed by atoms with E-state index in [1.165, 1.54) is 25.1 Å². The van der Waals surface area contributed by atoms with Gasteiger partial charge in [0.2, 0.25) is 6.10 Å². The first-order valence-corrected chi connectivity index (χ1v) is 10.1. The summed E-state index contributed by atoms with van der Waals surface area (Å²) in [6.07, 6.45) is -6.26. The third kappa shape index (κ3) is 3.55. The molecule has 0 bridgehead atoms. The molecule has 1 heterocycles. The number of hydrogen-bond donors (Lipinski definition) is 1. The molecule has 6 nitrogen and oxygen atoms in total. The van der Waals surface area contributed by atoms with E-state index >= 15 is 0 Å². The zero-order chi connectivity index (χ0) is 20.9. The number of hydrogen-bond acceptors (Lipinski definition) is 4. The summed E-state index contributed by atoms with van der Waals surface area (Å²) in [5, 5.41) is 9.39. The van der Waals surface area contributed by atoms with E-state index in [9.17, 15) is 31.5 Å². The number of halogens is 4. The van der Waals surface area contributed by atoms with E-state index in [1.807, 2.05) is 0 Å². The van der Waals surface area contributed by atoms with Gasteiger partial charge < -0.3 is 9.84 Å². The summed E-state index contributed by atoms with van der Waals surface area (Å²) < 4.78 is 72.2. The van der Waals surface area contributed by atoms with E-state index in [4.69, 9.17) is 4.74 Å². The van der Waals surface area contributed by atoms with Gasteiger partial charge in [-0.25, -0.2) is 13.2 Å². The van der Waals surface area contributed by atoms with Crippen molar-refractivity contribution in [3.8, 4) is 5.75 Å². The Kier molecular flexibility index (Phi) is 5.09. The second kappa shape index (κ2) is 6.96. The minimum atomic E-state index is -4.73. The summed E-state index contributed by atoms with van der Waals surface area (Å²) in [7, 11) is -4.52. The monoisotopic (exact) mass is 479 g/mol. The van der Waals surface area contributed by atoms with E-state index < -0.39 is 44.8 Å². The second-order valence-electron chi connectivity index (χ2n) is 6.06. The molecule has 28 heavy (non-hydrogen) atoms. The number of nitrogens with zero attached hydrogens (tertiary/aromatic N) is 1. The van der Waals surface area contributed by atoms with Crippen molar-refractivity contribution in [1.29, 1.82) is 0 Å². The van der Waals surface area contributed by atoms with Crippen LogP contribution >= 0.6 is 15.9 Å². The van der Waals surface area contributed by atoms with Gasteiger partial charge in [0.1, 0.15) is 5.75 Å². The fourth-order valence-corrected chi connectivity index (χ4v) is 4.94. The van der Waals surface area contributed by atoms with Gasteiger partial charge in [-0.1, -0.05) is 22.0 Å². The Morgan fingerprint density at radius 2 is 1.89 bits per heavy atom. The van der Waals surface area contributed by atoms with Crippen molar-refractivity contribution in [3.05, 3.63) is 52.5 Å². The van der Waals surface area contributed by atoms with Gasteiger partial charge in [-0.15, -0.1) is 0 Å². The Morgan fingerprint density at radius 3 is 2.50 bits per heavy atom. The molecule has 2 atom stereocenters. The summed E-state index contributed by atoms with van der Waals surface area (Å²) in [4.78, 5) is 10.9. The van der Waals surface area contributed by atoms with Gasteiger partial charge in [-0.3, -0.25) is 4.31 Å². The molecule has 2 aromatic carbocycles. The number of anilines is 1. The minimum absolute atomic E-state index is 0.00995. The minimum Gasteiger partial charge on any atom is -0.478 e. The van der Waals surface area contributed by atoms with Crippen LogP contribution in [-0.4, -0.2) is 31.6 Å². The Labute approximate surface area is 166 Å². The molecule has 0 radical (unpaired) electrons. The van der Waals surface area contributed by atoms with Gasteiger partial charge >= 0.3 is 12.1 Å². The maximum absolute atomic E-state index is 13.2. The number of carboxylic acids is 1. The molecule has 1 aliphatic heterocycles. The first-order chi connectivity index (χ1) is 12.9. The maximum Gasteiger partial charge on any atom is 0.416 e. The molecule has 3 rings (SSSR count). The highest BCUT2D eigenvalue weighted by atomic mass is 79.9. The van der Waals surface area contributed by atoms with Crippen LogP contribution < -0.4 is 9.04 Å². The Morgan fingerprint density at radius 1 is 1.21 bits per heavy atom. The number of alkyl halides is 3. The van der Waals surface area contributed by atoms with E-state index in [0.29, 0.717) is 10.5 Å². The predicted octanol–water partition coefficient (Wildman–Crippen LogP) is 3.90. The van der Waals surface area contributed by atoms with E-state index in [1.54, 1.807) is 0 Å². The molecule has 0 aliphatic carbocycles. The van der Waals surface area contributed by atoms with Gasteiger partial charge in [-0.05, 0) is 43.3 Å². The Bertz CT molecular complexity index is 1040. The van der Waals surface area contributed by atoms with Crippen LogP contribution in [0, 0.1) is 0 Å². The summed E-state index contributed by atoms with van der Waals surface area (Å²) in [6.45, 7) is 1.31. The molecule has 1 aliphatic rings. The Balaban J connectivity index is 2.20. The first kappa shape index (κ1) is 20.5. The van der Waals surface area contributed by atoms with Crippen molar-refractivity contribution in [1.82, 2.24) is 0 Å². The molecule has 0 spiro atoms. The topological polar surface area (TPSA) is 83.9 Å². The van der Waals surface area contributed by atoms with E-state index in [2.05, 4.69) is 15.9 Å². The van der Waals surface area contributed by atoms with Gasteiger partial charge in [0.25, 0.3) is 10.0 Å². The lowest BCUT2D eigenvalue weighted by molar-refractivity contribution is -0.146. The second-order valence-corrected chi connectivity index (χ2v) is 8.79. The first-order valence-electron chi connectivity index (χ1n) is 7.83. The molecule has 11 heteroatoms. The van der Waals surface area contributed by atoms with E-state index in [0.717, 1.165) is 22.5 Å². The van der Waals surface area contributed by atoms with Gasteiger partial charge in [0.15, 0.2) is 0 Å². The molecule has 0 saturated carbocycles. The molecule has 0 unspecified atom stereocenters. The lowest BCUT2D eigenvalue weighted by Crippen LogP contribution is -2.53. The standard InChI is InChI=1S/C17H13BrF3NO5S/c1-9-15(16(23)24)27-14-6-5-11(18)8-13(14)22(9)28(25,26)12-4-2-3-10(7-12)17(19,20)21/h2-9,15H,1H3,(H,23,24)/t9-,15-/m1/s1. The van der Waals surface area contributed by atoms with Crippen molar-refractivity contribution < 1.29 is 36.2 Å². The molecular formula is C17H13BrF3NO5S. The molecule has 0 saturated heterocycles.